The number of halogens is 1. The molecule has 150 valence electrons. The summed E-state index contributed by atoms with van der Waals surface area (Å²) < 4.78 is 11.3. The van der Waals surface area contributed by atoms with Crippen molar-refractivity contribution in [2.24, 2.45) is 9.98 Å². The minimum atomic E-state index is -0.454. The Morgan fingerprint density at radius 2 is 2.14 bits per heavy atom. The van der Waals surface area contributed by atoms with Crippen LogP contribution in [0.4, 0.5) is 11.4 Å². The van der Waals surface area contributed by atoms with Gasteiger partial charge in [0, 0.05) is 23.1 Å². The predicted octanol–water partition coefficient (Wildman–Crippen LogP) is 3.58. The lowest BCUT2D eigenvalue weighted by molar-refractivity contribution is -0.129. The van der Waals surface area contributed by atoms with Crippen LogP contribution in [0.1, 0.15) is 24.0 Å². The van der Waals surface area contributed by atoms with E-state index in [4.69, 9.17) is 31.3 Å². The van der Waals surface area contributed by atoms with Crippen molar-refractivity contribution in [3.05, 3.63) is 46.5 Å². The van der Waals surface area contributed by atoms with Crippen LogP contribution in [-0.2, 0) is 11.3 Å². The summed E-state index contributed by atoms with van der Waals surface area (Å²) in [4.78, 5) is 22.4. The third kappa shape index (κ3) is 3.90. The summed E-state index contributed by atoms with van der Waals surface area (Å²) in [6, 6.07) is 9.31. The molecule has 0 saturated carbocycles. The number of hydrogen-bond acceptors (Lipinski definition) is 7. The molecule has 8 nitrogen and oxygen atoms in total. The maximum Gasteiger partial charge on any atom is 0.243 e. The number of aliphatic imine (C=N–C) groups is 2. The number of hydrogen-bond donors (Lipinski definition) is 2. The molecule has 0 spiro atoms. The maximum atomic E-state index is 11.1. The van der Waals surface area contributed by atoms with E-state index in [1.807, 2.05) is 29.2 Å². The molecule has 29 heavy (non-hydrogen) atoms. The Balaban J connectivity index is 1.64. The molecule has 0 saturated heterocycles. The molecule has 2 aromatic rings. The molecule has 0 bridgehead atoms. The summed E-state index contributed by atoms with van der Waals surface area (Å²) in [6.07, 6.45) is 2.36. The van der Waals surface area contributed by atoms with Crippen molar-refractivity contribution in [2.45, 2.75) is 19.4 Å². The number of benzene rings is 2. The summed E-state index contributed by atoms with van der Waals surface area (Å²) in [5, 5.41) is 9.20. The average molecular weight is 415 g/mol. The lowest BCUT2D eigenvalue weighted by Crippen LogP contribution is -2.34. The van der Waals surface area contributed by atoms with Gasteiger partial charge in [0.05, 0.1) is 38.0 Å². The van der Waals surface area contributed by atoms with Gasteiger partial charge in [-0.3, -0.25) is 10.0 Å². The zero-order valence-corrected chi connectivity index (χ0v) is 16.4. The molecule has 2 aromatic carbocycles. The van der Waals surface area contributed by atoms with Gasteiger partial charge in [0.1, 0.15) is 5.84 Å². The second-order valence-corrected chi connectivity index (χ2v) is 7.02. The van der Waals surface area contributed by atoms with Crippen LogP contribution in [0.25, 0.3) is 0 Å². The standard InChI is InChI=1S/C20H19ClN4O4/c1-28-17-9-16-14(8-18(17)29-6-2-3-19(26)24-27)20-23-15-7-13(21)5-4-12(15)10-25(20)11-22-16/h4-5,7-9,11,27H,2-3,6,10H2,1H3,(H,24,26). The van der Waals surface area contributed by atoms with Crippen LogP contribution in [0.3, 0.4) is 0 Å². The van der Waals surface area contributed by atoms with Gasteiger partial charge in [0.15, 0.2) is 11.5 Å². The first-order valence-corrected chi connectivity index (χ1v) is 9.43. The Labute approximate surface area is 172 Å². The monoisotopic (exact) mass is 414 g/mol. The smallest absolute Gasteiger partial charge is 0.243 e. The summed E-state index contributed by atoms with van der Waals surface area (Å²) in [5.41, 5.74) is 5.06. The molecular weight excluding hydrogens is 396 g/mol. The van der Waals surface area contributed by atoms with Crippen LogP contribution in [0.5, 0.6) is 11.5 Å². The minimum Gasteiger partial charge on any atom is -0.493 e. The van der Waals surface area contributed by atoms with Gasteiger partial charge in [-0.1, -0.05) is 17.7 Å². The van der Waals surface area contributed by atoms with Crippen molar-refractivity contribution in [2.75, 3.05) is 13.7 Å². The van der Waals surface area contributed by atoms with Gasteiger partial charge < -0.3 is 14.4 Å². The fraction of sp³-hybridized carbons (Fsp3) is 0.250. The van der Waals surface area contributed by atoms with Gasteiger partial charge in [0.2, 0.25) is 5.91 Å². The van der Waals surface area contributed by atoms with E-state index in [0.717, 1.165) is 28.3 Å². The van der Waals surface area contributed by atoms with Crippen LogP contribution in [-0.4, -0.2) is 41.9 Å². The zero-order valence-electron chi connectivity index (χ0n) is 15.7. The Bertz CT molecular complexity index is 1020. The van der Waals surface area contributed by atoms with E-state index < -0.39 is 5.91 Å². The number of carbonyl (C=O) groups excluding carboxylic acids is 1. The van der Waals surface area contributed by atoms with Crippen LogP contribution >= 0.6 is 11.6 Å². The molecular formula is C20H19ClN4O4. The number of nitrogens with zero attached hydrogens (tertiary/aromatic N) is 3. The molecule has 0 unspecified atom stereocenters. The molecule has 1 amide bonds. The average Bonchev–Trinajstić information content (AvgIpc) is 2.74. The number of methoxy groups -OCH3 is 1. The Kier molecular flexibility index (Phi) is 5.37. The number of amides is 1. The van der Waals surface area contributed by atoms with E-state index in [-0.39, 0.29) is 6.42 Å². The fourth-order valence-corrected chi connectivity index (χ4v) is 3.40. The number of ether oxygens (including phenoxy) is 2. The van der Waals surface area contributed by atoms with Crippen LogP contribution < -0.4 is 15.0 Å². The second kappa shape index (κ2) is 8.10. The maximum absolute atomic E-state index is 11.1. The molecule has 0 aromatic heterocycles. The molecule has 9 heteroatoms. The van der Waals surface area contributed by atoms with Crippen molar-refractivity contribution >= 4 is 41.1 Å². The zero-order chi connectivity index (χ0) is 20.4. The van der Waals surface area contributed by atoms with Crippen molar-refractivity contribution in [3.8, 4) is 11.5 Å². The van der Waals surface area contributed by atoms with Gasteiger partial charge in [-0.2, -0.15) is 0 Å². The highest BCUT2D eigenvalue weighted by molar-refractivity contribution is 6.31. The quantitative estimate of drug-likeness (QED) is 0.428. The van der Waals surface area contributed by atoms with Gasteiger partial charge in [-0.25, -0.2) is 15.5 Å². The highest BCUT2D eigenvalue weighted by atomic mass is 35.5. The first kappa shape index (κ1) is 19.2. The Morgan fingerprint density at radius 1 is 1.28 bits per heavy atom. The van der Waals surface area contributed by atoms with Crippen molar-refractivity contribution in [1.82, 2.24) is 10.4 Å². The molecule has 4 rings (SSSR count). The predicted molar refractivity (Wildman–Crippen MR) is 109 cm³/mol. The summed E-state index contributed by atoms with van der Waals surface area (Å²) >= 11 is 6.13. The number of amidine groups is 1. The van der Waals surface area contributed by atoms with Crippen molar-refractivity contribution in [3.63, 3.8) is 0 Å². The molecule has 2 heterocycles. The van der Waals surface area contributed by atoms with E-state index in [1.165, 1.54) is 0 Å². The van der Waals surface area contributed by atoms with E-state index >= 15 is 0 Å². The lowest BCUT2D eigenvalue weighted by Gasteiger charge is -2.30. The van der Waals surface area contributed by atoms with E-state index in [2.05, 4.69) is 4.99 Å². The fourth-order valence-electron chi connectivity index (χ4n) is 3.23. The SMILES string of the molecule is COc1cc2c(cc1OCCCC(=O)NO)C1=Nc3cc(Cl)ccc3CN1C=N2. The number of nitrogens with one attached hydrogen (secondary N) is 1. The summed E-state index contributed by atoms with van der Waals surface area (Å²) in [5.74, 6) is 1.38. The van der Waals surface area contributed by atoms with Crippen LogP contribution in [0.15, 0.2) is 40.3 Å². The number of carbonyl (C=O) groups is 1. The van der Waals surface area contributed by atoms with Gasteiger partial charge >= 0.3 is 0 Å². The first-order valence-electron chi connectivity index (χ1n) is 9.05. The number of rotatable bonds is 6. The van der Waals surface area contributed by atoms with Crippen LogP contribution in [0, 0.1) is 0 Å². The summed E-state index contributed by atoms with van der Waals surface area (Å²) in [7, 11) is 1.56. The molecule has 2 aliphatic rings. The first-order chi connectivity index (χ1) is 14.1. The summed E-state index contributed by atoms with van der Waals surface area (Å²) in [6.45, 7) is 0.938. The van der Waals surface area contributed by atoms with Crippen LogP contribution in [0.2, 0.25) is 5.02 Å². The molecule has 0 aliphatic carbocycles. The topological polar surface area (TPSA) is 95.8 Å². The van der Waals surface area contributed by atoms with Gasteiger partial charge in [-0.15, -0.1) is 0 Å². The number of fused-ring (bicyclic) bond motifs is 4. The van der Waals surface area contributed by atoms with Crippen molar-refractivity contribution < 1.29 is 19.5 Å². The molecule has 0 radical (unpaired) electrons. The molecule has 0 atom stereocenters. The second-order valence-electron chi connectivity index (χ2n) is 6.59. The van der Waals surface area contributed by atoms with Crippen molar-refractivity contribution in [1.29, 1.82) is 0 Å². The van der Waals surface area contributed by atoms with Gasteiger partial charge in [0.25, 0.3) is 0 Å². The van der Waals surface area contributed by atoms with Gasteiger partial charge in [-0.05, 0) is 30.2 Å². The third-order valence-electron chi connectivity index (χ3n) is 4.68. The lowest BCUT2D eigenvalue weighted by atomic mass is 10.0. The molecule has 2 aliphatic heterocycles. The van der Waals surface area contributed by atoms with E-state index in [1.54, 1.807) is 25.0 Å². The minimum absolute atomic E-state index is 0.159. The largest absolute Gasteiger partial charge is 0.493 e. The normalized spacial score (nSPS) is 13.8. The molecule has 2 N–H and O–H groups in total. The Morgan fingerprint density at radius 3 is 2.93 bits per heavy atom. The third-order valence-corrected chi connectivity index (χ3v) is 4.91. The number of hydroxylamine groups is 1. The molecule has 0 fully saturated rings. The Hall–Kier alpha value is -3.10. The highest BCUT2D eigenvalue weighted by Gasteiger charge is 2.27. The van der Waals surface area contributed by atoms with E-state index in [9.17, 15) is 4.79 Å². The highest BCUT2D eigenvalue weighted by Crippen LogP contribution is 2.40. The van der Waals surface area contributed by atoms with E-state index in [0.29, 0.717) is 36.1 Å².